The Hall–Kier alpha value is -1.67. The van der Waals surface area contributed by atoms with Gasteiger partial charge in [0.25, 0.3) is 0 Å². The number of nitrogens with zero attached hydrogens (tertiary/aromatic N) is 2. The predicted octanol–water partition coefficient (Wildman–Crippen LogP) is 2.89. The summed E-state index contributed by atoms with van der Waals surface area (Å²) in [6.45, 7) is 2.02. The van der Waals surface area contributed by atoms with Crippen molar-refractivity contribution in [1.29, 1.82) is 0 Å². The zero-order valence-electron chi connectivity index (χ0n) is 12.6. The summed E-state index contributed by atoms with van der Waals surface area (Å²) < 4.78 is 24.0. The maximum absolute atomic E-state index is 11.5. The Morgan fingerprint density at radius 2 is 2.13 bits per heavy atom. The highest BCUT2D eigenvalue weighted by atomic mass is 79.9. The van der Waals surface area contributed by atoms with Crippen molar-refractivity contribution in [2.75, 3.05) is 22.1 Å². The van der Waals surface area contributed by atoms with Crippen LogP contribution in [-0.2, 0) is 9.84 Å². The van der Waals surface area contributed by atoms with Crippen LogP contribution >= 0.6 is 15.9 Å². The Bertz CT molecular complexity index is 826. The van der Waals surface area contributed by atoms with Gasteiger partial charge < -0.3 is 10.6 Å². The lowest BCUT2D eigenvalue weighted by Gasteiger charge is -2.13. The molecule has 1 aromatic heterocycles. The molecule has 0 saturated carbocycles. The van der Waals surface area contributed by atoms with Gasteiger partial charge in [0.1, 0.15) is 5.82 Å². The lowest BCUT2D eigenvalue weighted by atomic mass is 10.2. The van der Waals surface area contributed by atoms with E-state index in [2.05, 4.69) is 36.5 Å². The monoisotopic (exact) mass is 396 g/mol. The first kappa shape index (κ1) is 16.2. The second-order valence-electron chi connectivity index (χ2n) is 5.62. The van der Waals surface area contributed by atoms with Gasteiger partial charge in [0.15, 0.2) is 9.84 Å². The molecule has 0 amide bonds. The fraction of sp³-hybridized carbons (Fsp3) is 0.333. The Morgan fingerprint density at radius 3 is 2.83 bits per heavy atom. The summed E-state index contributed by atoms with van der Waals surface area (Å²) in [5.74, 6) is 1.47. The van der Waals surface area contributed by atoms with Gasteiger partial charge in [-0.3, -0.25) is 0 Å². The first-order valence-electron chi connectivity index (χ1n) is 7.24. The molecular formula is C15H17BrN4O2S. The average Bonchev–Trinajstić information content (AvgIpc) is 2.81. The minimum Gasteiger partial charge on any atom is -0.366 e. The number of nitrogens with one attached hydrogen (secondary N) is 2. The molecule has 1 saturated heterocycles. The molecular weight excluding hydrogens is 380 g/mol. The number of hydrogen-bond donors (Lipinski definition) is 2. The predicted molar refractivity (Wildman–Crippen MR) is 94.9 cm³/mol. The number of aromatic nitrogens is 2. The van der Waals surface area contributed by atoms with E-state index in [9.17, 15) is 8.42 Å². The highest BCUT2D eigenvalue weighted by Gasteiger charge is 2.27. The molecule has 1 unspecified atom stereocenters. The Labute approximate surface area is 143 Å². The maximum atomic E-state index is 11.5. The Kier molecular flexibility index (Phi) is 4.54. The lowest BCUT2D eigenvalue weighted by molar-refractivity contribution is 0.602. The largest absolute Gasteiger partial charge is 0.366 e. The van der Waals surface area contributed by atoms with Crippen LogP contribution in [0.5, 0.6) is 0 Å². The van der Waals surface area contributed by atoms with Crippen molar-refractivity contribution in [3.05, 3.63) is 40.5 Å². The van der Waals surface area contributed by atoms with E-state index >= 15 is 0 Å². The minimum atomic E-state index is -2.91. The second kappa shape index (κ2) is 6.45. The van der Waals surface area contributed by atoms with Gasteiger partial charge in [0, 0.05) is 16.7 Å². The van der Waals surface area contributed by atoms with Crippen LogP contribution in [0, 0.1) is 6.92 Å². The molecule has 2 heterocycles. The van der Waals surface area contributed by atoms with Crippen LogP contribution < -0.4 is 10.6 Å². The van der Waals surface area contributed by atoms with Gasteiger partial charge in [0.2, 0.25) is 5.95 Å². The first-order chi connectivity index (χ1) is 10.9. The van der Waals surface area contributed by atoms with Crippen molar-refractivity contribution in [3.8, 4) is 0 Å². The molecule has 122 valence electrons. The van der Waals surface area contributed by atoms with E-state index in [1.807, 2.05) is 25.1 Å². The van der Waals surface area contributed by atoms with Crippen molar-refractivity contribution in [3.63, 3.8) is 0 Å². The van der Waals surface area contributed by atoms with E-state index in [4.69, 9.17) is 0 Å². The highest BCUT2D eigenvalue weighted by Crippen LogP contribution is 2.26. The van der Waals surface area contributed by atoms with Gasteiger partial charge in [-0.25, -0.2) is 13.4 Å². The molecule has 6 nitrogen and oxygen atoms in total. The van der Waals surface area contributed by atoms with E-state index in [0.29, 0.717) is 18.2 Å². The van der Waals surface area contributed by atoms with Crippen LogP contribution in [0.3, 0.4) is 0 Å². The van der Waals surface area contributed by atoms with E-state index < -0.39 is 9.84 Å². The topological polar surface area (TPSA) is 84.0 Å². The van der Waals surface area contributed by atoms with E-state index in [0.717, 1.165) is 15.7 Å². The number of anilines is 3. The molecule has 1 fully saturated rings. The van der Waals surface area contributed by atoms with Crippen LogP contribution in [0.4, 0.5) is 17.5 Å². The molecule has 0 aliphatic carbocycles. The fourth-order valence-corrected chi connectivity index (χ4v) is 4.72. The first-order valence-corrected chi connectivity index (χ1v) is 9.86. The lowest BCUT2D eigenvalue weighted by Crippen LogP contribution is -2.21. The average molecular weight is 397 g/mol. The number of rotatable bonds is 4. The maximum Gasteiger partial charge on any atom is 0.229 e. The summed E-state index contributed by atoms with van der Waals surface area (Å²) >= 11 is 3.51. The third kappa shape index (κ3) is 4.20. The van der Waals surface area contributed by atoms with Gasteiger partial charge >= 0.3 is 0 Å². The van der Waals surface area contributed by atoms with Gasteiger partial charge in [-0.05, 0) is 53.0 Å². The summed E-state index contributed by atoms with van der Waals surface area (Å²) in [6.07, 6.45) is 2.25. The van der Waals surface area contributed by atoms with Crippen molar-refractivity contribution in [1.82, 2.24) is 9.97 Å². The van der Waals surface area contributed by atoms with Crippen LogP contribution in [0.1, 0.15) is 12.0 Å². The van der Waals surface area contributed by atoms with Crippen LogP contribution in [0.2, 0.25) is 0 Å². The molecule has 0 bridgehead atoms. The molecule has 1 aromatic carbocycles. The smallest absolute Gasteiger partial charge is 0.229 e. The van der Waals surface area contributed by atoms with Crippen molar-refractivity contribution in [2.24, 2.45) is 0 Å². The van der Waals surface area contributed by atoms with Crippen LogP contribution in [0.25, 0.3) is 0 Å². The van der Waals surface area contributed by atoms with E-state index in [1.165, 1.54) is 0 Å². The SMILES string of the molecule is Cc1ccc(Nc2nccc(NC3CCS(=O)(=O)C3)n2)c(Br)c1. The Balaban J connectivity index is 1.72. The van der Waals surface area contributed by atoms with E-state index in [1.54, 1.807) is 12.3 Å². The number of sulfone groups is 1. The Morgan fingerprint density at radius 1 is 1.30 bits per heavy atom. The number of hydrogen-bond acceptors (Lipinski definition) is 6. The summed E-state index contributed by atoms with van der Waals surface area (Å²) in [5, 5.41) is 6.32. The summed E-state index contributed by atoms with van der Waals surface area (Å²) in [4.78, 5) is 8.59. The molecule has 2 N–H and O–H groups in total. The zero-order valence-corrected chi connectivity index (χ0v) is 15.0. The fourth-order valence-electron chi connectivity index (χ4n) is 2.46. The summed E-state index contributed by atoms with van der Waals surface area (Å²) in [6, 6.07) is 7.60. The van der Waals surface area contributed by atoms with Crippen LogP contribution in [-0.4, -0.2) is 35.9 Å². The van der Waals surface area contributed by atoms with Crippen molar-refractivity contribution < 1.29 is 8.42 Å². The molecule has 23 heavy (non-hydrogen) atoms. The third-order valence-corrected chi connectivity index (χ3v) is 6.04. The molecule has 8 heteroatoms. The normalized spacial score (nSPS) is 19.5. The molecule has 1 aliphatic rings. The van der Waals surface area contributed by atoms with Crippen molar-refractivity contribution >= 4 is 43.2 Å². The standard InChI is InChI=1S/C15H17BrN4O2S/c1-10-2-3-13(12(16)8-10)19-15-17-6-4-14(20-15)18-11-5-7-23(21,22)9-11/h2-4,6,8,11H,5,7,9H2,1H3,(H2,17,18,19,20). The summed E-state index contributed by atoms with van der Waals surface area (Å²) in [5.41, 5.74) is 2.03. The molecule has 0 spiro atoms. The molecule has 1 atom stereocenters. The van der Waals surface area contributed by atoms with E-state index in [-0.39, 0.29) is 17.5 Å². The van der Waals surface area contributed by atoms with Crippen LogP contribution in [0.15, 0.2) is 34.9 Å². The summed E-state index contributed by atoms with van der Waals surface area (Å²) in [7, 11) is -2.91. The van der Waals surface area contributed by atoms with Gasteiger partial charge in [-0.15, -0.1) is 0 Å². The second-order valence-corrected chi connectivity index (χ2v) is 8.70. The number of halogens is 1. The number of benzene rings is 1. The van der Waals surface area contributed by atoms with Gasteiger partial charge in [0.05, 0.1) is 17.2 Å². The molecule has 2 aromatic rings. The quantitative estimate of drug-likeness (QED) is 0.826. The third-order valence-electron chi connectivity index (χ3n) is 3.61. The molecule has 1 aliphatic heterocycles. The highest BCUT2D eigenvalue weighted by molar-refractivity contribution is 9.10. The molecule has 0 radical (unpaired) electrons. The van der Waals surface area contributed by atoms with Crippen molar-refractivity contribution in [2.45, 2.75) is 19.4 Å². The van der Waals surface area contributed by atoms with Gasteiger partial charge in [-0.1, -0.05) is 6.07 Å². The zero-order chi connectivity index (χ0) is 16.4. The van der Waals surface area contributed by atoms with Gasteiger partial charge in [-0.2, -0.15) is 4.98 Å². The minimum absolute atomic E-state index is 0.0890. The molecule has 3 rings (SSSR count). The number of aryl methyl sites for hydroxylation is 1.